The van der Waals surface area contributed by atoms with Crippen LogP contribution in [0.5, 0.6) is 0 Å². The number of nitrogens with one attached hydrogen (secondary N) is 1. The first-order valence-corrected chi connectivity index (χ1v) is 10.4. The number of carbonyl (C=O) groups excluding carboxylic acids is 1. The zero-order valence-electron chi connectivity index (χ0n) is 16.2. The molecule has 0 atom stereocenters. The monoisotopic (exact) mass is 369 g/mol. The smallest absolute Gasteiger partial charge is 0.317 e. The average Bonchev–Trinajstić information content (AvgIpc) is 3.24. The molecule has 27 heavy (non-hydrogen) atoms. The van der Waals surface area contributed by atoms with Crippen molar-refractivity contribution in [1.82, 2.24) is 15.1 Å². The Morgan fingerprint density at radius 2 is 1.81 bits per heavy atom. The van der Waals surface area contributed by atoms with Gasteiger partial charge in [-0.1, -0.05) is 49.2 Å². The quantitative estimate of drug-likeness (QED) is 0.887. The van der Waals surface area contributed by atoms with Crippen molar-refractivity contribution in [2.45, 2.75) is 37.6 Å². The molecule has 0 radical (unpaired) electrons. The molecule has 146 valence electrons. The van der Waals surface area contributed by atoms with Crippen LogP contribution >= 0.6 is 0 Å². The molecule has 2 heterocycles. The number of rotatable bonds is 4. The summed E-state index contributed by atoms with van der Waals surface area (Å²) in [6.07, 6.45) is 8.02. The van der Waals surface area contributed by atoms with Crippen LogP contribution in [0.25, 0.3) is 5.57 Å². The number of urea groups is 1. The lowest BCUT2D eigenvalue weighted by molar-refractivity contribution is -0.0197. The van der Waals surface area contributed by atoms with Gasteiger partial charge in [0, 0.05) is 38.3 Å². The van der Waals surface area contributed by atoms with Gasteiger partial charge in [0.2, 0.25) is 0 Å². The Morgan fingerprint density at radius 1 is 1.07 bits per heavy atom. The van der Waals surface area contributed by atoms with Crippen LogP contribution in [-0.2, 0) is 4.74 Å². The van der Waals surface area contributed by atoms with Crippen molar-refractivity contribution in [3.63, 3.8) is 0 Å². The highest BCUT2D eigenvalue weighted by molar-refractivity contribution is 5.76. The number of carbonyl (C=O) groups is 1. The van der Waals surface area contributed by atoms with Gasteiger partial charge >= 0.3 is 6.03 Å². The summed E-state index contributed by atoms with van der Waals surface area (Å²) >= 11 is 0. The Morgan fingerprint density at radius 3 is 2.48 bits per heavy atom. The fraction of sp³-hybridized carbons (Fsp3) is 0.591. The van der Waals surface area contributed by atoms with Gasteiger partial charge in [-0.05, 0) is 30.4 Å². The standard InChI is InChI=1S/C22H31N3O2/c26-21(24-12-8-20(9-13-24)19-6-2-1-3-7-19)23-18-22(10-4-5-11-22)25-14-16-27-17-15-25/h1-3,6-8H,4-5,9-18H2,(H,23,26). The number of hydrogen-bond donors (Lipinski definition) is 1. The van der Waals surface area contributed by atoms with Crippen LogP contribution in [0.2, 0.25) is 0 Å². The molecule has 2 aliphatic heterocycles. The Labute approximate surface area is 162 Å². The number of benzene rings is 1. The van der Waals surface area contributed by atoms with E-state index in [-0.39, 0.29) is 11.6 Å². The van der Waals surface area contributed by atoms with Crippen LogP contribution in [0.15, 0.2) is 36.4 Å². The lowest BCUT2D eigenvalue weighted by Gasteiger charge is -2.43. The van der Waals surface area contributed by atoms with E-state index in [1.165, 1.54) is 36.8 Å². The SMILES string of the molecule is O=C(NCC1(N2CCOCC2)CCCC1)N1CC=C(c2ccccc2)CC1. The second-order valence-corrected chi connectivity index (χ2v) is 7.98. The van der Waals surface area contributed by atoms with E-state index in [4.69, 9.17) is 4.74 Å². The number of morpholine rings is 1. The van der Waals surface area contributed by atoms with Crippen molar-refractivity contribution >= 4 is 11.6 Å². The molecule has 1 saturated carbocycles. The van der Waals surface area contributed by atoms with Crippen LogP contribution < -0.4 is 5.32 Å². The molecule has 2 amide bonds. The van der Waals surface area contributed by atoms with Crippen molar-refractivity contribution < 1.29 is 9.53 Å². The molecule has 1 aromatic carbocycles. The third-order valence-corrected chi connectivity index (χ3v) is 6.43. The zero-order chi connectivity index (χ0) is 18.5. The van der Waals surface area contributed by atoms with Gasteiger partial charge in [0.05, 0.1) is 13.2 Å². The van der Waals surface area contributed by atoms with Gasteiger partial charge in [-0.2, -0.15) is 0 Å². The molecular formula is C22H31N3O2. The molecule has 0 spiro atoms. The highest BCUT2D eigenvalue weighted by Crippen LogP contribution is 2.35. The van der Waals surface area contributed by atoms with E-state index >= 15 is 0 Å². The second kappa shape index (κ2) is 8.44. The lowest BCUT2D eigenvalue weighted by atomic mass is 9.94. The first kappa shape index (κ1) is 18.5. The number of nitrogens with zero attached hydrogens (tertiary/aromatic N) is 2. The summed E-state index contributed by atoms with van der Waals surface area (Å²) in [6, 6.07) is 10.6. The van der Waals surface area contributed by atoms with E-state index in [1.54, 1.807) is 0 Å². The first-order valence-electron chi connectivity index (χ1n) is 10.4. The molecule has 4 rings (SSSR count). The average molecular weight is 370 g/mol. The summed E-state index contributed by atoms with van der Waals surface area (Å²) in [6.45, 7) is 5.85. The highest BCUT2D eigenvalue weighted by atomic mass is 16.5. The number of hydrogen-bond acceptors (Lipinski definition) is 3. The summed E-state index contributed by atoms with van der Waals surface area (Å²) < 4.78 is 5.53. The summed E-state index contributed by atoms with van der Waals surface area (Å²) in [5.41, 5.74) is 2.76. The Kier molecular flexibility index (Phi) is 5.79. The maximum Gasteiger partial charge on any atom is 0.317 e. The molecule has 1 saturated heterocycles. The van der Waals surface area contributed by atoms with Gasteiger partial charge in [-0.3, -0.25) is 4.90 Å². The molecule has 0 bridgehead atoms. The predicted octanol–water partition coefficient (Wildman–Crippen LogP) is 3.13. The molecule has 5 heteroatoms. The van der Waals surface area contributed by atoms with Gasteiger partial charge in [0.15, 0.2) is 0 Å². The molecular weight excluding hydrogens is 338 g/mol. The van der Waals surface area contributed by atoms with Crippen molar-refractivity contribution in [3.8, 4) is 0 Å². The molecule has 1 N–H and O–H groups in total. The normalized spacial score (nSPS) is 23.1. The number of amides is 2. The molecule has 0 aromatic heterocycles. The molecule has 3 aliphatic rings. The Balaban J connectivity index is 1.33. The minimum absolute atomic E-state index is 0.0814. The van der Waals surface area contributed by atoms with E-state index in [9.17, 15) is 4.79 Å². The van der Waals surface area contributed by atoms with Crippen LogP contribution in [0.1, 0.15) is 37.7 Å². The van der Waals surface area contributed by atoms with E-state index in [1.807, 2.05) is 11.0 Å². The summed E-state index contributed by atoms with van der Waals surface area (Å²) in [4.78, 5) is 17.3. The summed E-state index contributed by atoms with van der Waals surface area (Å²) in [5, 5.41) is 3.26. The van der Waals surface area contributed by atoms with Gasteiger partial charge < -0.3 is 15.0 Å². The molecule has 2 fully saturated rings. The van der Waals surface area contributed by atoms with E-state index < -0.39 is 0 Å². The fourth-order valence-electron chi connectivity index (χ4n) is 4.80. The van der Waals surface area contributed by atoms with E-state index in [2.05, 4.69) is 40.6 Å². The maximum atomic E-state index is 12.8. The van der Waals surface area contributed by atoms with Crippen LogP contribution in [0.3, 0.4) is 0 Å². The molecule has 0 unspecified atom stereocenters. The van der Waals surface area contributed by atoms with Crippen molar-refractivity contribution in [2.75, 3.05) is 45.9 Å². The van der Waals surface area contributed by atoms with Crippen molar-refractivity contribution in [1.29, 1.82) is 0 Å². The fourth-order valence-corrected chi connectivity index (χ4v) is 4.80. The van der Waals surface area contributed by atoms with Gasteiger partial charge in [-0.25, -0.2) is 4.79 Å². The predicted molar refractivity (Wildman–Crippen MR) is 108 cm³/mol. The van der Waals surface area contributed by atoms with Gasteiger partial charge in [0.1, 0.15) is 0 Å². The topological polar surface area (TPSA) is 44.8 Å². The van der Waals surface area contributed by atoms with Crippen LogP contribution in [0, 0.1) is 0 Å². The van der Waals surface area contributed by atoms with Crippen LogP contribution in [-0.4, -0.2) is 67.3 Å². The minimum Gasteiger partial charge on any atom is -0.379 e. The minimum atomic E-state index is 0.0814. The largest absolute Gasteiger partial charge is 0.379 e. The summed E-state index contributed by atoms with van der Waals surface area (Å²) in [5.74, 6) is 0. The highest BCUT2D eigenvalue weighted by Gasteiger charge is 2.40. The molecule has 1 aromatic rings. The second-order valence-electron chi connectivity index (χ2n) is 7.98. The van der Waals surface area contributed by atoms with Gasteiger partial charge in [-0.15, -0.1) is 0 Å². The third-order valence-electron chi connectivity index (χ3n) is 6.43. The van der Waals surface area contributed by atoms with Crippen LogP contribution in [0.4, 0.5) is 4.79 Å². The maximum absolute atomic E-state index is 12.8. The Bertz CT molecular complexity index is 661. The summed E-state index contributed by atoms with van der Waals surface area (Å²) in [7, 11) is 0. The van der Waals surface area contributed by atoms with E-state index in [0.29, 0.717) is 6.54 Å². The molecule has 1 aliphatic carbocycles. The zero-order valence-corrected chi connectivity index (χ0v) is 16.2. The lowest BCUT2D eigenvalue weighted by Crippen LogP contribution is -2.58. The molecule has 5 nitrogen and oxygen atoms in total. The van der Waals surface area contributed by atoms with Crippen molar-refractivity contribution in [3.05, 3.63) is 42.0 Å². The third kappa shape index (κ3) is 4.19. The van der Waals surface area contributed by atoms with Gasteiger partial charge in [0.25, 0.3) is 0 Å². The van der Waals surface area contributed by atoms with E-state index in [0.717, 1.165) is 45.8 Å². The Hall–Kier alpha value is -1.85. The van der Waals surface area contributed by atoms with Crippen molar-refractivity contribution in [2.24, 2.45) is 0 Å². The number of ether oxygens (including phenoxy) is 1. The first-order chi connectivity index (χ1) is 13.3.